The van der Waals surface area contributed by atoms with Crippen LogP contribution in [0.25, 0.3) is 0 Å². The van der Waals surface area contributed by atoms with Crippen molar-refractivity contribution >= 4 is 0 Å². The summed E-state index contributed by atoms with van der Waals surface area (Å²) >= 11 is 0. The van der Waals surface area contributed by atoms with Gasteiger partial charge in [0.15, 0.2) is 0 Å². The molecule has 0 radical (unpaired) electrons. The highest BCUT2D eigenvalue weighted by Crippen LogP contribution is 2.03. The minimum Gasteiger partial charge on any atom is -0.336 e. The molecule has 0 bridgehead atoms. The van der Waals surface area contributed by atoms with Crippen molar-refractivity contribution in [3.8, 4) is 6.07 Å². The van der Waals surface area contributed by atoms with Crippen molar-refractivity contribution in [2.24, 2.45) is 0 Å². The van der Waals surface area contributed by atoms with Gasteiger partial charge in [-0.25, -0.2) is 4.98 Å². The van der Waals surface area contributed by atoms with Crippen LogP contribution in [-0.4, -0.2) is 16.1 Å². The molecule has 1 N–H and O–H groups in total. The lowest BCUT2D eigenvalue weighted by Crippen LogP contribution is -2.18. The number of nitriles is 1. The van der Waals surface area contributed by atoms with Gasteiger partial charge in [0.25, 0.3) is 0 Å². The fourth-order valence-electron chi connectivity index (χ4n) is 1.61. The molecule has 0 fully saturated rings. The summed E-state index contributed by atoms with van der Waals surface area (Å²) in [7, 11) is 0. The maximum atomic E-state index is 8.78. The number of nitrogens with one attached hydrogen (secondary N) is 1. The number of nitrogens with zero attached hydrogens (tertiary/aromatic N) is 3. The van der Waals surface area contributed by atoms with Crippen LogP contribution in [0.15, 0.2) is 43.0 Å². The first-order valence-corrected chi connectivity index (χ1v) is 5.54. The molecule has 0 aliphatic carbocycles. The fourth-order valence-corrected chi connectivity index (χ4v) is 1.61. The summed E-state index contributed by atoms with van der Waals surface area (Å²) in [4.78, 5) is 3.98. The topological polar surface area (TPSA) is 53.6 Å². The van der Waals surface area contributed by atoms with E-state index in [1.165, 1.54) is 0 Å². The van der Waals surface area contributed by atoms with Gasteiger partial charge in [0.2, 0.25) is 0 Å². The molecule has 4 heteroatoms. The molecule has 1 aromatic carbocycles. The highest BCUT2D eigenvalue weighted by Gasteiger charge is 1.95. The van der Waals surface area contributed by atoms with E-state index in [-0.39, 0.29) is 0 Å². The quantitative estimate of drug-likeness (QED) is 0.787. The Balaban J connectivity index is 1.76. The summed E-state index contributed by atoms with van der Waals surface area (Å²) in [6.07, 6.45) is 5.52. The van der Waals surface area contributed by atoms with Crippen LogP contribution >= 0.6 is 0 Å². The molecule has 0 spiro atoms. The van der Waals surface area contributed by atoms with Crippen LogP contribution < -0.4 is 5.32 Å². The average Bonchev–Trinajstić information content (AvgIpc) is 2.88. The summed E-state index contributed by atoms with van der Waals surface area (Å²) < 4.78 is 2.03. The Kier molecular flexibility index (Phi) is 3.90. The predicted octanol–water partition coefficient (Wildman–Crippen LogP) is 1.54. The van der Waals surface area contributed by atoms with Crippen molar-refractivity contribution in [3.05, 3.63) is 54.1 Å². The zero-order chi connectivity index (χ0) is 11.9. The van der Waals surface area contributed by atoms with Gasteiger partial charge in [0, 0.05) is 32.0 Å². The maximum Gasteiger partial charge on any atom is 0.0991 e. The second-order valence-electron chi connectivity index (χ2n) is 3.79. The Morgan fingerprint density at radius 3 is 3.12 bits per heavy atom. The first-order chi connectivity index (χ1) is 8.38. The van der Waals surface area contributed by atoms with Gasteiger partial charge in [-0.1, -0.05) is 12.1 Å². The van der Waals surface area contributed by atoms with Crippen LogP contribution in [0.2, 0.25) is 0 Å². The molecule has 0 amide bonds. The summed E-state index contributed by atoms with van der Waals surface area (Å²) in [5.41, 5.74) is 1.84. The van der Waals surface area contributed by atoms with Crippen LogP contribution in [0.5, 0.6) is 0 Å². The normalized spacial score (nSPS) is 10.1. The summed E-state index contributed by atoms with van der Waals surface area (Å²) in [6, 6.07) is 9.79. The van der Waals surface area contributed by atoms with Gasteiger partial charge in [-0.05, 0) is 17.7 Å². The molecule has 1 heterocycles. The summed E-state index contributed by atoms with van der Waals surface area (Å²) in [6.45, 7) is 2.56. The summed E-state index contributed by atoms with van der Waals surface area (Å²) in [5.74, 6) is 0. The monoisotopic (exact) mass is 226 g/mol. The van der Waals surface area contributed by atoms with Crippen LogP contribution in [-0.2, 0) is 13.1 Å². The van der Waals surface area contributed by atoms with E-state index in [1.54, 1.807) is 12.5 Å². The van der Waals surface area contributed by atoms with Crippen LogP contribution in [0, 0.1) is 11.3 Å². The van der Waals surface area contributed by atoms with E-state index in [0.29, 0.717) is 5.56 Å². The summed E-state index contributed by atoms with van der Waals surface area (Å²) in [5, 5.41) is 12.1. The molecule has 0 unspecified atom stereocenters. The van der Waals surface area contributed by atoms with E-state index >= 15 is 0 Å². The standard InChI is InChI=1S/C13H14N4/c14-9-12-2-1-3-13(8-12)10-15-4-6-17-7-5-16-11-17/h1-3,5,7-8,11,15H,4,6,10H2. The number of rotatable bonds is 5. The highest BCUT2D eigenvalue weighted by molar-refractivity contribution is 5.32. The van der Waals surface area contributed by atoms with E-state index in [2.05, 4.69) is 16.4 Å². The number of aromatic nitrogens is 2. The molecule has 17 heavy (non-hydrogen) atoms. The molecule has 86 valence electrons. The molecule has 0 aliphatic rings. The Hall–Kier alpha value is -2.12. The third kappa shape index (κ3) is 3.44. The predicted molar refractivity (Wildman–Crippen MR) is 65.1 cm³/mol. The van der Waals surface area contributed by atoms with Gasteiger partial charge in [0.05, 0.1) is 18.0 Å². The molecule has 0 saturated carbocycles. The fraction of sp³-hybridized carbons (Fsp3) is 0.231. The van der Waals surface area contributed by atoms with Crippen LogP contribution in [0.4, 0.5) is 0 Å². The molecule has 0 saturated heterocycles. The van der Waals surface area contributed by atoms with E-state index in [9.17, 15) is 0 Å². The number of hydrogen-bond acceptors (Lipinski definition) is 3. The molecular weight excluding hydrogens is 212 g/mol. The SMILES string of the molecule is N#Cc1cccc(CNCCn2ccnc2)c1. The highest BCUT2D eigenvalue weighted by atomic mass is 15.0. The molecule has 2 aromatic rings. The lowest BCUT2D eigenvalue weighted by atomic mass is 10.1. The number of hydrogen-bond donors (Lipinski definition) is 1. The third-order valence-electron chi connectivity index (χ3n) is 2.49. The van der Waals surface area contributed by atoms with E-state index in [4.69, 9.17) is 5.26 Å². The van der Waals surface area contributed by atoms with Crippen molar-refractivity contribution in [1.29, 1.82) is 5.26 Å². The van der Waals surface area contributed by atoms with Gasteiger partial charge in [-0.2, -0.15) is 5.26 Å². The largest absolute Gasteiger partial charge is 0.336 e. The Morgan fingerprint density at radius 1 is 1.41 bits per heavy atom. The minimum absolute atomic E-state index is 0.707. The average molecular weight is 226 g/mol. The molecule has 0 aliphatic heterocycles. The second kappa shape index (κ2) is 5.83. The van der Waals surface area contributed by atoms with Gasteiger partial charge >= 0.3 is 0 Å². The zero-order valence-corrected chi connectivity index (χ0v) is 9.50. The molecule has 0 atom stereocenters. The second-order valence-corrected chi connectivity index (χ2v) is 3.79. The van der Waals surface area contributed by atoms with Crippen molar-refractivity contribution in [2.45, 2.75) is 13.1 Å². The number of benzene rings is 1. The Morgan fingerprint density at radius 2 is 2.35 bits per heavy atom. The van der Waals surface area contributed by atoms with E-state index in [1.807, 2.05) is 35.0 Å². The lowest BCUT2D eigenvalue weighted by molar-refractivity contribution is 0.597. The molecule has 1 aromatic heterocycles. The van der Waals surface area contributed by atoms with Gasteiger partial charge in [-0.3, -0.25) is 0 Å². The van der Waals surface area contributed by atoms with Gasteiger partial charge in [-0.15, -0.1) is 0 Å². The first kappa shape index (κ1) is 11.4. The van der Waals surface area contributed by atoms with Crippen molar-refractivity contribution in [2.75, 3.05) is 6.54 Å². The third-order valence-corrected chi connectivity index (χ3v) is 2.49. The van der Waals surface area contributed by atoms with Crippen LogP contribution in [0.3, 0.4) is 0 Å². The maximum absolute atomic E-state index is 8.78. The lowest BCUT2D eigenvalue weighted by Gasteiger charge is -2.05. The smallest absolute Gasteiger partial charge is 0.0991 e. The Labute approximate surface area is 101 Å². The minimum atomic E-state index is 0.707. The number of imidazole rings is 1. The van der Waals surface area contributed by atoms with E-state index < -0.39 is 0 Å². The van der Waals surface area contributed by atoms with Crippen molar-refractivity contribution < 1.29 is 0 Å². The van der Waals surface area contributed by atoms with Crippen molar-refractivity contribution in [3.63, 3.8) is 0 Å². The molecular formula is C13H14N4. The molecule has 2 rings (SSSR count). The Bertz CT molecular complexity index is 496. The molecule has 4 nitrogen and oxygen atoms in total. The van der Waals surface area contributed by atoms with Gasteiger partial charge in [0.1, 0.15) is 0 Å². The zero-order valence-electron chi connectivity index (χ0n) is 9.50. The van der Waals surface area contributed by atoms with Crippen LogP contribution in [0.1, 0.15) is 11.1 Å². The van der Waals surface area contributed by atoms with Gasteiger partial charge < -0.3 is 9.88 Å². The van der Waals surface area contributed by atoms with E-state index in [0.717, 1.165) is 25.2 Å². The first-order valence-electron chi connectivity index (χ1n) is 5.54. The van der Waals surface area contributed by atoms with Crippen molar-refractivity contribution in [1.82, 2.24) is 14.9 Å².